The summed E-state index contributed by atoms with van der Waals surface area (Å²) in [5.41, 5.74) is 0.743. The molecule has 38 heavy (non-hydrogen) atoms. The molecule has 0 spiro atoms. The molecule has 0 saturated carbocycles. The van der Waals surface area contributed by atoms with Gasteiger partial charge in [-0.1, -0.05) is 34.8 Å². The van der Waals surface area contributed by atoms with Gasteiger partial charge in [0.05, 0.1) is 22.8 Å². The molecule has 3 aromatic rings. The van der Waals surface area contributed by atoms with Crippen LogP contribution in [-0.4, -0.2) is 37.5 Å². The van der Waals surface area contributed by atoms with Crippen molar-refractivity contribution in [3.63, 3.8) is 0 Å². The van der Waals surface area contributed by atoms with Crippen LogP contribution in [0.3, 0.4) is 0 Å². The lowest BCUT2D eigenvalue weighted by atomic mass is 10.1. The Morgan fingerprint density at radius 2 is 1.61 bits per heavy atom. The van der Waals surface area contributed by atoms with Crippen molar-refractivity contribution in [1.82, 2.24) is 5.32 Å². The van der Waals surface area contributed by atoms with E-state index in [0.717, 1.165) is 4.90 Å². The average molecular weight is 575 g/mol. The summed E-state index contributed by atoms with van der Waals surface area (Å²) >= 11 is 18.5. The quantitative estimate of drug-likeness (QED) is 0.291. The van der Waals surface area contributed by atoms with Crippen molar-refractivity contribution in [2.75, 3.05) is 23.9 Å². The molecule has 1 aliphatic heterocycles. The maximum atomic E-state index is 13.1. The van der Waals surface area contributed by atoms with Crippen molar-refractivity contribution in [2.24, 2.45) is 0 Å². The van der Waals surface area contributed by atoms with Crippen LogP contribution in [0.4, 0.5) is 16.2 Å². The molecule has 0 atom stereocenters. The van der Waals surface area contributed by atoms with Crippen LogP contribution in [0, 0.1) is 0 Å². The second-order valence-electron chi connectivity index (χ2n) is 7.81. The maximum Gasteiger partial charge on any atom is 0.335 e. The monoisotopic (exact) mass is 573 g/mol. The number of anilines is 2. The smallest absolute Gasteiger partial charge is 0.335 e. The number of carbonyl (C=O) groups excluding carboxylic acids is 4. The third-order valence-corrected chi connectivity index (χ3v) is 6.05. The molecule has 1 heterocycles. The third kappa shape index (κ3) is 6.08. The SMILES string of the molecule is COc1ccc(N2C(=O)NC(=O)/C(=C\c3cc(Cl)c(OCC(=O)Nc4ccc(Cl)cc4)c(Cl)c3)C2=O)cc1. The van der Waals surface area contributed by atoms with Gasteiger partial charge in [-0.05, 0) is 72.3 Å². The highest BCUT2D eigenvalue weighted by Crippen LogP contribution is 2.35. The van der Waals surface area contributed by atoms with Gasteiger partial charge in [0.25, 0.3) is 17.7 Å². The van der Waals surface area contributed by atoms with Gasteiger partial charge in [-0.25, -0.2) is 9.69 Å². The van der Waals surface area contributed by atoms with Gasteiger partial charge >= 0.3 is 6.03 Å². The number of urea groups is 1. The lowest BCUT2D eigenvalue weighted by Crippen LogP contribution is -2.54. The molecule has 5 amide bonds. The minimum atomic E-state index is -0.890. The largest absolute Gasteiger partial charge is 0.497 e. The minimum absolute atomic E-state index is 0.0374. The Morgan fingerprint density at radius 1 is 0.974 bits per heavy atom. The van der Waals surface area contributed by atoms with Crippen molar-refractivity contribution in [3.05, 3.63) is 86.9 Å². The number of amides is 5. The van der Waals surface area contributed by atoms with Gasteiger partial charge in [0, 0.05) is 10.7 Å². The number of nitrogens with zero attached hydrogens (tertiary/aromatic N) is 1. The zero-order chi connectivity index (χ0) is 27.4. The second kappa shape index (κ2) is 11.6. The van der Waals surface area contributed by atoms with Crippen molar-refractivity contribution < 1.29 is 28.7 Å². The van der Waals surface area contributed by atoms with Crippen molar-refractivity contribution in [2.45, 2.75) is 0 Å². The molecule has 0 bridgehead atoms. The number of benzene rings is 3. The zero-order valence-corrected chi connectivity index (χ0v) is 21.9. The first kappa shape index (κ1) is 27.0. The van der Waals surface area contributed by atoms with E-state index in [4.69, 9.17) is 44.3 Å². The van der Waals surface area contributed by atoms with Crippen LogP contribution >= 0.6 is 34.8 Å². The third-order valence-electron chi connectivity index (χ3n) is 5.24. The van der Waals surface area contributed by atoms with E-state index in [0.29, 0.717) is 22.0 Å². The molecule has 9 nitrogen and oxygen atoms in total. The molecular formula is C26H18Cl3N3O6. The molecule has 4 rings (SSSR count). The van der Waals surface area contributed by atoms with E-state index in [2.05, 4.69) is 10.6 Å². The van der Waals surface area contributed by atoms with Crippen LogP contribution in [0.5, 0.6) is 11.5 Å². The molecule has 0 aliphatic carbocycles. The topological polar surface area (TPSA) is 114 Å². The van der Waals surface area contributed by atoms with E-state index >= 15 is 0 Å². The molecule has 2 N–H and O–H groups in total. The number of halogens is 3. The maximum absolute atomic E-state index is 13.1. The van der Waals surface area contributed by atoms with Gasteiger partial charge in [-0.3, -0.25) is 19.7 Å². The summed E-state index contributed by atoms with van der Waals surface area (Å²) in [5.74, 6) is -1.61. The molecular weight excluding hydrogens is 557 g/mol. The standard InChI is InChI=1S/C26H18Cl3N3O6/c1-37-18-8-6-17(7-9-18)32-25(35)19(24(34)31-26(32)36)10-14-11-20(28)23(21(29)12-14)38-13-22(33)30-16-4-2-15(27)3-5-16/h2-12H,13H2,1H3,(H,30,33)(H,31,34,36)/b19-10+. The summed E-state index contributed by atoms with van der Waals surface area (Å²) in [6.45, 7) is -0.387. The predicted molar refractivity (Wildman–Crippen MR) is 144 cm³/mol. The summed E-state index contributed by atoms with van der Waals surface area (Å²) in [5, 5.41) is 5.38. The van der Waals surface area contributed by atoms with E-state index in [1.54, 1.807) is 36.4 Å². The first-order chi connectivity index (χ1) is 18.2. The number of barbiturate groups is 1. The molecule has 0 aromatic heterocycles. The van der Waals surface area contributed by atoms with Crippen LogP contribution in [0.25, 0.3) is 6.08 Å². The number of hydrogen-bond donors (Lipinski definition) is 2. The van der Waals surface area contributed by atoms with Gasteiger partial charge in [0.2, 0.25) is 0 Å². The van der Waals surface area contributed by atoms with Crippen LogP contribution in [0.1, 0.15) is 5.56 Å². The average Bonchev–Trinajstić information content (AvgIpc) is 2.87. The first-order valence-corrected chi connectivity index (χ1v) is 12.0. The summed E-state index contributed by atoms with van der Waals surface area (Å²) < 4.78 is 10.6. The number of rotatable bonds is 7. The van der Waals surface area contributed by atoms with Crippen LogP contribution in [0.15, 0.2) is 66.2 Å². The van der Waals surface area contributed by atoms with Gasteiger partial charge in [-0.15, -0.1) is 0 Å². The Morgan fingerprint density at radius 3 is 2.21 bits per heavy atom. The fourth-order valence-electron chi connectivity index (χ4n) is 3.46. The number of hydrogen-bond acceptors (Lipinski definition) is 6. The Balaban J connectivity index is 1.51. The van der Waals surface area contributed by atoms with Gasteiger partial charge < -0.3 is 14.8 Å². The highest BCUT2D eigenvalue weighted by Gasteiger charge is 2.36. The zero-order valence-electron chi connectivity index (χ0n) is 19.6. The number of methoxy groups -OCH3 is 1. The fourth-order valence-corrected chi connectivity index (χ4v) is 4.20. The van der Waals surface area contributed by atoms with Crippen molar-refractivity contribution in [3.8, 4) is 11.5 Å². The van der Waals surface area contributed by atoms with Crippen LogP contribution in [-0.2, 0) is 14.4 Å². The van der Waals surface area contributed by atoms with Crippen molar-refractivity contribution >= 4 is 76.0 Å². The molecule has 0 radical (unpaired) electrons. The Kier molecular flexibility index (Phi) is 8.21. The van der Waals surface area contributed by atoms with E-state index in [1.165, 1.54) is 37.5 Å². The van der Waals surface area contributed by atoms with Crippen LogP contribution in [0.2, 0.25) is 15.1 Å². The van der Waals surface area contributed by atoms with E-state index in [9.17, 15) is 19.2 Å². The Bertz CT molecular complexity index is 1430. The van der Waals surface area contributed by atoms with E-state index in [1.807, 2.05) is 0 Å². The summed E-state index contributed by atoms with van der Waals surface area (Å²) in [6.07, 6.45) is 1.25. The molecule has 12 heteroatoms. The molecule has 194 valence electrons. The molecule has 1 aliphatic rings. The lowest BCUT2D eigenvalue weighted by Gasteiger charge is -2.26. The Labute approximate surface area is 231 Å². The first-order valence-electron chi connectivity index (χ1n) is 10.9. The van der Waals surface area contributed by atoms with Gasteiger partial charge in [0.1, 0.15) is 11.3 Å². The number of imide groups is 2. The highest BCUT2D eigenvalue weighted by molar-refractivity contribution is 6.40. The Hall–Kier alpha value is -4.05. The fraction of sp³-hybridized carbons (Fsp3) is 0.0769. The van der Waals surface area contributed by atoms with Gasteiger partial charge in [-0.2, -0.15) is 0 Å². The molecule has 3 aromatic carbocycles. The summed E-state index contributed by atoms with van der Waals surface area (Å²) in [6, 6.07) is 14.6. The molecule has 1 fully saturated rings. The predicted octanol–water partition coefficient (Wildman–Crippen LogP) is 5.34. The second-order valence-corrected chi connectivity index (χ2v) is 9.06. The van der Waals surface area contributed by atoms with Gasteiger partial charge in [0.15, 0.2) is 12.4 Å². The highest BCUT2D eigenvalue weighted by atomic mass is 35.5. The number of ether oxygens (including phenoxy) is 2. The summed E-state index contributed by atoms with van der Waals surface area (Å²) in [7, 11) is 1.48. The van der Waals surface area contributed by atoms with Crippen LogP contribution < -0.4 is 25.0 Å². The van der Waals surface area contributed by atoms with E-state index in [-0.39, 0.29) is 33.7 Å². The molecule has 0 unspecified atom stereocenters. The number of nitrogens with one attached hydrogen (secondary N) is 2. The number of carbonyl (C=O) groups is 4. The minimum Gasteiger partial charge on any atom is -0.497 e. The lowest BCUT2D eigenvalue weighted by molar-refractivity contribution is -0.122. The molecule has 1 saturated heterocycles. The van der Waals surface area contributed by atoms with Crippen molar-refractivity contribution in [1.29, 1.82) is 0 Å². The summed E-state index contributed by atoms with van der Waals surface area (Å²) in [4.78, 5) is 51.0. The normalized spacial score (nSPS) is 14.4. The van der Waals surface area contributed by atoms with E-state index < -0.39 is 23.8 Å².